The minimum absolute atomic E-state index is 0.230. The first-order chi connectivity index (χ1) is 10.2. The quantitative estimate of drug-likeness (QED) is 0.837. The number of benzene rings is 1. The van der Waals surface area contributed by atoms with Crippen molar-refractivity contribution in [1.82, 2.24) is 9.97 Å². The zero-order valence-corrected chi connectivity index (χ0v) is 11.8. The molecule has 5 heteroatoms. The number of carbonyl (C=O) groups is 1. The maximum Gasteiger partial charge on any atom is 0.258 e. The Morgan fingerprint density at radius 1 is 1.33 bits per heavy atom. The van der Waals surface area contributed by atoms with Gasteiger partial charge in [-0.2, -0.15) is 0 Å². The highest BCUT2D eigenvalue weighted by molar-refractivity contribution is 6.04. The molecule has 106 valence electrons. The predicted octanol–water partition coefficient (Wildman–Crippen LogP) is 1.60. The first-order valence-corrected chi connectivity index (χ1v) is 6.62. The Labute approximate surface area is 123 Å². The highest BCUT2D eigenvalue weighted by Crippen LogP contribution is 2.18. The van der Waals surface area contributed by atoms with Crippen molar-refractivity contribution in [1.29, 1.82) is 0 Å². The largest absolute Gasteiger partial charge is 0.322 e. The highest BCUT2D eigenvalue weighted by atomic mass is 16.1. The van der Waals surface area contributed by atoms with E-state index in [4.69, 9.17) is 5.73 Å². The standard InChI is InChI=1S/C16H16N4O/c1-2-13-8-12(4-3-7-17)5-6-15(13)20-16(21)14-9-18-11-19-10-14/h5-6,8-11H,2,7,17H2,1H3,(H,20,21). The Balaban J connectivity index is 2.22. The number of carbonyl (C=O) groups excluding carboxylic acids is 1. The smallest absolute Gasteiger partial charge is 0.258 e. The lowest BCUT2D eigenvalue weighted by molar-refractivity contribution is 0.102. The molecule has 0 aliphatic heterocycles. The molecule has 0 atom stereocenters. The van der Waals surface area contributed by atoms with Crippen LogP contribution in [0.15, 0.2) is 36.9 Å². The van der Waals surface area contributed by atoms with E-state index in [1.807, 2.05) is 25.1 Å². The number of rotatable bonds is 3. The zero-order chi connectivity index (χ0) is 15.1. The lowest BCUT2D eigenvalue weighted by Gasteiger charge is -2.10. The summed E-state index contributed by atoms with van der Waals surface area (Å²) >= 11 is 0. The minimum atomic E-state index is -0.230. The Hall–Kier alpha value is -2.71. The van der Waals surface area contributed by atoms with Crippen LogP contribution in [0, 0.1) is 11.8 Å². The van der Waals surface area contributed by atoms with Crippen molar-refractivity contribution in [3.63, 3.8) is 0 Å². The van der Waals surface area contributed by atoms with Gasteiger partial charge in [-0.15, -0.1) is 0 Å². The van der Waals surface area contributed by atoms with Crippen LogP contribution in [0.5, 0.6) is 0 Å². The predicted molar refractivity (Wildman–Crippen MR) is 81.7 cm³/mol. The summed E-state index contributed by atoms with van der Waals surface area (Å²) in [7, 11) is 0. The first-order valence-electron chi connectivity index (χ1n) is 6.62. The Morgan fingerprint density at radius 3 is 2.76 bits per heavy atom. The number of nitrogens with two attached hydrogens (primary N) is 1. The monoisotopic (exact) mass is 280 g/mol. The van der Waals surface area contributed by atoms with Crippen LogP contribution in [0.25, 0.3) is 0 Å². The third kappa shape index (κ3) is 3.88. The van der Waals surface area contributed by atoms with Gasteiger partial charge in [0.05, 0.1) is 12.1 Å². The van der Waals surface area contributed by atoms with Crippen LogP contribution in [-0.4, -0.2) is 22.4 Å². The molecule has 2 rings (SSSR count). The summed E-state index contributed by atoms with van der Waals surface area (Å²) in [5.74, 6) is 5.57. The fourth-order valence-electron chi connectivity index (χ4n) is 1.85. The lowest BCUT2D eigenvalue weighted by Crippen LogP contribution is -2.13. The average Bonchev–Trinajstić information content (AvgIpc) is 2.54. The molecule has 21 heavy (non-hydrogen) atoms. The number of hydrogen-bond donors (Lipinski definition) is 2. The van der Waals surface area contributed by atoms with Crippen molar-refractivity contribution in [2.75, 3.05) is 11.9 Å². The molecular formula is C16H16N4O. The van der Waals surface area contributed by atoms with E-state index in [2.05, 4.69) is 27.1 Å². The molecule has 0 fully saturated rings. The van der Waals surface area contributed by atoms with Crippen molar-refractivity contribution in [2.45, 2.75) is 13.3 Å². The summed E-state index contributed by atoms with van der Waals surface area (Å²) < 4.78 is 0. The molecule has 1 aromatic carbocycles. The van der Waals surface area contributed by atoms with E-state index in [9.17, 15) is 4.79 Å². The third-order valence-corrected chi connectivity index (χ3v) is 2.89. The fraction of sp³-hybridized carbons (Fsp3) is 0.188. The van der Waals surface area contributed by atoms with Crippen molar-refractivity contribution < 1.29 is 4.79 Å². The van der Waals surface area contributed by atoms with Crippen LogP contribution < -0.4 is 11.1 Å². The van der Waals surface area contributed by atoms with Crippen LogP contribution in [0.4, 0.5) is 5.69 Å². The van der Waals surface area contributed by atoms with Gasteiger partial charge >= 0.3 is 0 Å². The summed E-state index contributed by atoms with van der Waals surface area (Å²) in [6, 6.07) is 5.67. The molecule has 0 bridgehead atoms. The topological polar surface area (TPSA) is 80.9 Å². The molecular weight excluding hydrogens is 264 g/mol. The maximum atomic E-state index is 12.1. The SMILES string of the molecule is CCc1cc(C#CCN)ccc1NC(=O)c1cncnc1. The number of aromatic nitrogens is 2. The minimum Gasteiger partial charge on any atom is -0.322 e. The summed E-state index contributed by atoms with van der Waals surface area (Å²) in [5.41, 5.74) is 8.46. The van der Waals surface area contributed by atoms with E-state index in [1.54, 1.807) is 0 Å². The number of hydrogen-bond acceptors (Lipinski definition) is 4. The second-order valence-electron chi connectivity index (χ2n) is 4.31. The Morgan fingerprint density at radius 2 is 2.10 bits per heavy atom. The molecule has 3 N–H and O–H groups in total. The molecule has 2 aromatic rings. The van der Waals surface area contributed by atoms with E-state index in [-0.39, 0.29) is 5.91 Å². The van der Waals surface area contributed by atoms with Crippen LogP contribution >= 0.6 is 0 Å². The van der Waals surface area contributed by atoms with Gasteiger partial charge in [0.2, 0.25) is 0 Å². The van der Waals surface area contributed by atoms with E-state index in [1.165, 1.54) is 18.7 Å². The van der Waals surface area contributed by atoms with Gasteiger partial charge in [0.15, 0.2) is 0 Å². The molecule has 1 amide bonds. The molecule has 0 saturated carbocycles. The van der Waals surface area contributed by atoms with Crippen molar-refractivity contribution in [3.05, 3.63) is 53.6 Å². The van der Waals surface area contributed by atoms with E-state index < -0.39 is 0 Å². The van der Waals surface area contributed by atoms with Crippen LogP contribution in [0.3, 0.4) is 0 Å². The van der Waals surface area contributed by atoms with Gasteiger partial charge in [-0.3, -0.25) is 4.79 Å². The Kier molecular flexibility index (Phi) is 5.02. The molecule has 0 spiro atoms. The summed E-state index contributed by atoms with van der Waals surface area (Å²) in [4.78, 5) is 19.8. The van der Waals surface area contributed by atoms with Crippen LogP contribution in [-0.2, 0) is 6.42 Å². The van der Waals surface area contributed by atoms with E-state index >= 15 is 0 Å². The highest BCUT2D eigenvalue weighted by Gasteiger charge is 2.09. The molecule has 5 nitrogen and oxygen atoms in total. The van der Waals surface area contributed by atoms with E-state index in [0.29, 0.717) is 12.1 Å². The van der Waals surface area contributed by atoms with Gasteiger partial charge in [0.25, 0.3) is 5.91 Å². The maximum absolute atomic E-state index is 12.1. The van der Waals surface area contributed by atoms with Gasteiger partial charge < -0.3 is 11.1 Å². The number of anilines is 1. The zero-order valence-electron chi connectivity index (χ0n) is 11.8. The second-order valence-corrected chi connectivity index (χ2v) is 4.31. The molecule has 1 heterocycles. The number of nitrogens with zero attached hydrogens (tertiary/aromatic N) is 2. The van der Waals surface area contributed by atoms with Crippen LogP contribution in [0.2, 0.25) is 0 Å². The molecule has 0 unspecified atom stereocenters. The van der Waals surface area contributed by atoms with Crippen molar-refractivity contribution >= 4 is 11.6 Å². The first kappa shape index (κ1) is 14.7. The van der Waals surface area contributed by atoms with E-state index in [0.717, 1.165) is 23.2 Å². The molecule has 0 aliphatic rings. The van der Waals surface area contributed by atoms with Gasteiger partial charge in [-0.1, -0.05) is 18.8 Å². The summed E-state index contributed by atoms with van der Waals surface area (Å²) in [6.45, 7) is 2.35. The number of aryl methyl sites for hydroxylation is 1. The lowest BCUT2D eigenvalue weighted by atomic mass is 10.1. The average molecular weight is 280 g/mol. The second kappa shape index (κ2) is 7.17. The van der Waals surface area contributed by atoms with Crippen LogP contribution in [0.1, 0.15) is 28.4 Å². The summed E-state index contributed by atoms with van der Waals surface area (Å²) in [6.07, 6.45) is 5.14. The number of nitrogens with one attached hydrogen (secondary N) is 1. The molecule has 0 aliphatic carbocycles. The Bertz CT molecular complexity index is 686. The number of amides is 1. The molecule has 1 aromatic heterocycles. The van der Waals surface area contributed by atoms with Gasteiger partial charge in [-0.05, 0) is 30.2 Å². The van der Waals surface area contributed by atoms with Crippen molar-refractivity contribution in [2.24, 2.45) is 5.73 Å². The third-order valence-electron chi connectivity index (χ3n) is 2.89. The molecule has 0 radical (unpaired) electrons. The molecule has 0 saturated heterocycles. The normalized spacial score (nSPS) is 9.62. The van der Waals surface area contributed by atoms with Gasteiger partial charge in [0.1, 0.15) is 6.33 Å². The van der Waals surface area contributed by atoms with Gasteiger partial charge in [0, 0.05) is 23.6 Å². The fourth-order valence-corrected chi connectivity index (χ4v) is 1.85. The van der Waals surface area contributed by atoms with Crippen molar-refractivity contribution in [3.8, 4) is 11.8 Å². The van der Waals surface area contributed by atoms with Gasteiger partial charge in [-0.25, -0.2) is 9.97 Å². The summed E-state index contributed by atoms with van der Waals surface area (Å²) in [5, 5.41) is 2.87.